The first-order valence-corrected chi connectivity index (χ1v) is 7.32. The Morgan fingerprint density at radius 1 is 1.62 bits per heavy atom. The van der Waals surface area contributed by atoms with Gasteiger partial charge in [-0.15, -0.1) is 0 Å². The minimum Gasteiger partial charge on any atom is -0.493 e. The maximum atomic E-state index is 12.3. The van der Waals surface area contributed by atoms with Gasteiger partial charge in [0.15, 0.2) is 0 Å². The molecule has 7 heteroatoms. The number of nitrogen functional groups attached to an aromatic ring is 1. The number of amides is 1. The van der Waals surface area contributed by atoms with Crippen LogP contribution in [0, 0.1) is 0 Å². The van der Waals surface area contributed by atoms with Gasteiger partial charge in [0, 0.05) is 25.7 Å². The van der Waals surface area contributed by atoms with Crippen molar-refractivity contribution in [2.24, 2.45) is 0 Å². The van der Waals surface area contributed by atoms with Crippen molar-refractivity contribution in [3.05, 3.63) is 22.7 Å². The zero-order valence-electron chi connectivity index (χ0n) is 11.9. The molecular weight excluding hydrogens is 294 g/mol. The van der Waals surface area contributed by atoms with Crippen LogP contribution in [0.4, 0.5) is 5.69 Å². The summed E-state index contributed by atoms with van der Waals surface area (Å²) in [6.07, 6.45) is -0.0255. The van der Waals surface area contributed by atoms with Gasteiger partial charge in [-0.1, -0.05) is 11.6 Å². The van der Waals surface area contributed by atoms with E-state index in [1.807, 2.05) is 6.92 Å². The first-order valence-electron chi connectivity index (χ1n) is 6.94. The first kappa shape index (κ1) is 15.9. The van der Waals surface area contributed by atoms with Gasteiger partial charge in [0.25, 0.3) is 5.91 Å². The maximum absolute atomic E-state index is 12.3. The highest BCUT2D eigenvalue weighted by Crippen LogP contribution is 2.29. The Labute approximate surface area is 128 Å². The molecule has 21 heavy (non-hydrogen) atoms. The largest absolute Gasteiger partial charge is 0.493 e. The number of carbonyl (C=O) groups is 1. The highest BCUT2D eigenvalue weighted by atomic mass is 35.5. The van der Waals surface area contributed by atoms with Crippen LogP contribution in [-0.2, 0) is 4.74 Å². The minimum atomic E-state index is -0.255. The average molecular weight is 314 g/mol. The van der Waals surface area contributed by atoms with Crippen LogP contribution in [0.2, 0.25) is 5.02 Å². The molecule has 0 spiro atoms. The van der Waals surface area contributed by atoms with Crippen molar-refractivity contribution in [1.82, 2.24) is 10.6 Å². The topological polar surface area (TPSA) is 85.6 Å². The van der Waals surface area contributed by atoms with E-state index in [9.17, 15) is 4.79 Å². The Morgan fingerprint density at radius 3 is 3.10 bits per heavy atom. The van der Waals surface area contributed by atoms with Gasteiger partial charge >= 0.3 is 0 Å². The molecule has 1 saturated heterocycles. The van der Waals surface area contributed by atoms with Crippen LogP contribution >= 0.6 is 11.6 Å². The van der Waals surface area contributed by atoms with Gasteiger partial charge in [0.05, 0.1) is 35.6 Å². The van der Waals surface area contributed by atoms with E-state index in [1.165, 1.54) is 6.07 Å². The van der Waals surface area contributed by atoms with E-state index in [2.05, 4.69) is 10.6 Å². The Bertz CT molecular complexity index is 504. The summed E-state index contributed by atoms with van der Waals surface area (Å²) in [7, 11) is 0. The molecule has 1 aromatic rings. The normalized spacial score (nSPS) is 18.3. The van der Waals surface area contributed by atoms with Crippen LogP contribution in [-0.4, -0.2) is 44.9 Å². The SMILES string of the molecule is CCOc1cc(N)c(Cl)cc1C(=O)NC[C@@H]1CNCCO1. The summed E-state index contributed by atoms with van der Waals surface area (Å²) in [5.41, 5.74) is 6.50. The number of morpholine rings is 1. The van der Waals surface area contributed by atoms with Crippen LogP contribution in [0.5, 0.6) is 5.75 Å². The lowest BCUT2D eigenvalue weighted by atomic mass is 10.1. The van der Waals surface area contributed by atoms with Crippen LogP contribution in [0.25, 0.3) is 0 Å². The van der Waals surface area contributed by atoms with Crippen molar-refractivity contribution < 1.29 is 14.3 Å². The number of hydrogen-bond donors (Lipinski definition) is 3. The second-order valence-corrected chi connectivity index (χ2v) is 5.12. The van der Waals surface area contributed by atoms with E-state index in [1.54, 1.807) is 6.07 Å². The summed E-state index contributed by atoms with van der Waals surface area (Å²) in [4.78, 5) is 12.3. The molecule has 1 fully saturated rings. The Kier molecular flexibility index (Phi) is 5.67. The number of anilines is 1. The highest BCUT2D eigenvalue weighted by Gasteiger charge is 2.18. The van der Waals surface area contributed by atoms with E-state index in [0.29, 0.717) is 41.8 Å². The molecular formula is C14H20ClN3O3. The zero-order chi connectivity index (χ0) is 15.2. The van der Waals surface area contributed by atoms with Crippen LogP contribution in [0.15, 0.2) is 12.1 Å². The lowest BCUT2D eigenvalue weighted by Gasteiger charge is -2.24. The van der Waals surface area contributed by atoms with Gasteiger partial charge in [-0.3, -0.25) is 4.79 Å². The van der Waals surface area contributed by atoms with E-state index < -0.39 is 0 Å². The van der Waals surface area contributed by atoms with Crippen LogP contribution in [0.1, 0.15) is 17.3 Å². The minimum absolute atomic E-state index is 0.0255. The number of rotatable bonds is 5. The molecule has 6 nitrogen and oxygen atoms in total. The van der Waals surface area contributed by atoms with Gasteiger partial charge in [0.1, 0.15) is 5.75 Å². The Hall–Kier alpha value is -1.50. The van der Waals surface area contributed by atoms with Crippen molar-refractivity contribution in [3.63, 3.8) is 0 Å². The molecule has 1 heterocycles. The van der Waals surface area contributed by atoms with Gasteiger partial charge in [-0.25, -0.2) is 0 Å². The van der Waals surface area contributed by atoms with E-state index in [-0.39, 0.29) is 12.0 Å². The summed E-state index contributed by atoms with van der Waals surface area (Å²) < 4.78 is 11.0. The quantitative estimate of drug-likeness (QED) is 0.707. The second-order valence-electron chi connectivity index (χ2n) is 4.71. The smallest absolute Gasteiger partial charge is 0.255 e. The second kappa shape index (κ2) is 7.49. The molecule has 0 radical (unpaired) electrons. The molecule has 0 aliphatic carbocycles. The summed E-state index contributed by atoms with van der Waals surface area (Å²) in [6, 6.07) is 3.09. The number of ether oxygens (including phenoxy) is 2. The fourth-order valence-electron chi connectivity index (χ4n) is 2.07. The first-order chi connectivity index (χ1) is 10.1. The summed E-state index contributed by atoms with van der Waals surface area (Å²) in [5, 5.41) is 6.37. The zero-order valence-corrected chi connectivity index (χ0v) is 12.7. The predicted molar refractivity (Wildman–Crippen MR) is 82.0 cm³/mol. The van der Waals surface area contributed by atoms with Gasteiger partial charge in [0.2, 0.25) is 0 Å². The lowest BCUT2D eigenvalue weighted by molar-refractivity contribution is 0.0287. The molecule has 0 aromatic heterocycles. The van der Waals surface area contributed by atoms with E-state index >= 15 is 0 Å². The number of hydrogen-bond acceptors (Lipinski definition) is 5. The van der Waals surface area contributed by atoms with E-state index in [0.717, 1.165) is 13.1 Å². The summed E-state index contributed by atoms with van der Waals surface area (Å²) in [6.45, 7) is 4.93. The fraction of sp³-hybridized carbons (Fsp3) is 0.500. The molecule has 1 atom stereocenters. The number of halogens is 1. The number of benzene rings is 1. The third-order valence-corrected chi connectivity index (χ3v) is 3.47. The van der Waals surface area contributed by atoms with Crippen molar-refractivity contribution in [2.75, 3.05) is 38.6 Å². The Balaban J connectivity index is 2.04. The molecule has 0 unspecified atom stereocenters. The molecule has 1 amide bonds. The molecule has 0 saturated carbocycles. The van der Waals surface area contributed by atoms with Crippen LogP contribution < -0.4 is 21.1 Å². The third kappa shape index (κ3) is 4.23. The maximum Gasteiger partial charge on any atom is 0.255 e. The lowest BCUT2D eigenvalue weighted by Crippen LogP contribution is -2.45. The van der Waals surface area contributed by atoms with Crippen LogP contribution in [0.3, 0.4) is 0 Å². The van der Waals surface area contributed by atoms with Crippen molar-refractivity contribution in [3.8, 4) is 5.75 Å². The molecule has 1 aliphatic heterocycles. The molecule has 0 bridgehead atoms. The molecule has 1 aromatic carbocycles. The van der Waals surface area contributed by atoms with Gasteiger partial charge in [-0.05, 0) is 13.0 Å². The highest BCUT2D eigenvalue weighted by molar-refractivity contribution is 6.33. The molecule has 2 rings (SSSR count). The average Bonchev–Trinajstić information content (AvgIpc) is 2.49. The van der Waals surface area contributed by atoms with Gasteiger partial charge in [-0.2, -0.15) is 0 Å². The number of carbonyl (C=O) groups excluding carboxylic acids is 1. The molecule has 4 N–H and O–H groups in total. The van der Waals surface area contributed by atoms with E-state index in [4.69, 9.17) is 26.8 Å². The van der Waals surface area contributed by atoms with Crippen molar-refractivity contribution in [1.29, 1.82) is 0 Å². The summed E-state index contributed by atoms with van der Waals surface area (Å²) >= 11 is 5.98. The monoisotopic (exact) mass is 313 g/mol. The standard InChI is InChI=1S/C14H20ClN3O3/c1-2-20-13-6-12(16)11(15)5-10(13)14(19)18-8-9-7-17-3-4-21-9/h5-6,9,17H,2-4,7-8,16H2,1H3,(H,18,19)/t9-/m0/s1. The number of nitrogens with one attached hydrogen (secondary N) is 2. The molecule has 116 valence electrons. The van der Waals surface area contributed by atoms with Crippen molar-refractivity contribution in [2.45, 2.75) is 13.0 Å². The number of nitrogens with two attached hydrogens (primary N) is 1. The predicted octanol–water partition coefficient (Wildman–Crippen LogP) is 1.04. The summed E-state index contributed by atoms with van der Waals surface area (Å²) in [5.74, 6) is 0.175. The Morgan fingerprint density at radius 2 is 2.43 bits per heavy atom. The molecule has 1 aliphatic rings. The third-order valence-electron chi connectivity index (χ3n) is 3.14. The van der Waals surface area contributed by atoms with Crippen molar-refractivity contribution >= 4 is 23.2 Å². The van der Waals surface area contributed by atoms with Gasteiger partial charge < -0.3 is 25.8 Å². The fourth-order valence-corrected chi connectivity index (χ4v) is 2.24.